The molecule has 0 radical (unpaired) electrons. The second kappa shape index (κ2) is 4.55. The van der Waals surface area contributed by atoms with Crippen LogP contribution in [0.3, 0.4) is 0 Å². The van der Waals surface area contributed by atoms with E-state index in [9.17, 15) is 0 Å². The zero-order valence-electron chi connectivity index (χ0n) is 8.87. The second-order valence-corrected chi connectivity index (χ2v) is 5.05. The van der Waals surface area contributed by atoms with Gasteiger partial charge in [0.2, 0.25) is 11.8 Å². The van der Waals surface area contributed by atoms with Gasteiger partial charge in [0.15, 0.2) is 0 Å². The quantitative estimate of drug-likeness (QED) is 0.784. The van der Waals surface area contributed by atoms with Crippen molar-refractivity contribution < 1.29 is 4.42 Å². The first-order valence-corrected chi connectivity index (χ1v) is 6.05. The van der Waals surface area contributed by atoms with Gasteiger partial charge in [-0.25, -0.2) is 0 Å². The predicted octanol–water partition coefficient (Wildman–Crippen LogP) is 4.11. The van der Waals surface area contributed by atoms with E-state index in [-0.39, 0.29) is 5.38 Å². The lowest BCUT2D eigenvalue weighted by Crippen LogP contribution is -1.82. The molecule has 0 fully saturated rings. The number of halogens is 2. The second-order valence-electron chi connectivity index (χ2n) is 3.54. The minimum absolute atomic E-state index is 0.273. The molecule has 0 N–H and O–H groups in total. The molecule has 0 aliphatic heterocycles. The van der Waals surface area contributed by atoms with Gasteiger partial charge in [-0.2, -0.15) is 0 Å². The highest BCUT2D eigenvalue weighted by Crippen LogP contribution is 2.29. The lowest BCUT2D eigenvalue weighted by molar-refractivity contribution is 0.507. The Hall–Kier alpha value is -0.870. The van der Waals surface area contributed by atoms with Gasteiger partial charge in [0.1, 0.15) is 5.38 Å². The topological polar surface area (TPSA) is 38.9 Å². The lowest BCUT2D eigenvalue weighted by Gasteiger charge is -2.00. The van der Waals surface area contributed by atoms with E-state index in [4.69, 9.17) is 16.0 Å². The number of aromatic nitrogens is 2. The van der Waals surface area contributed by atoms with Crippen LogP contribution in [0, 0.1) is 6.92 Å². The summed E-state index contributed by atoms with van der Waals surface area (Å²) >= 11 is 9.33. The van der Waals surface area contributed by atoms with Gasteiger partial charge in [-0.05, 0) is 47.5 Å². The Morgan fingerprint density at radius 3 is 2.69 bits per heavy atom. The van der Waals surface area contributed by atoms with Gasteiger partial charge in [0, 0.05) is 4.47 Å². The molecule has 1 unspecified atom stereocenters. The third kappa shape index (κ3) is 2.28. The van der Waals surface area contributed by atoms with Crippen LogP contribution in [-0.2, 0) is 0 Å². The molecule has 84 valence electrons. The maximum Gasteiger partial charge on any atom is 0.248 e. The Kier molecular flexibility index (Phi) is 3.30. The summed E-state index contributed by atoms with van der Waals surface area (Å²) in [7, 11) is 0. The average molecular weight is 302 g/mol. The summed E-state index contributed by atoms with van der Waals surface area (Å²) in [4.78, 5) is 0. The van der Waals surface area contributed by atoms with Crippen molar-refractivity contribution in [3.63, 3.8) is 0 Å². The van der Waals surface area contributed by atoms with Crippen LogP contribution in [0.4, 0.5) is 0 Å². The predicted molar refractivity (Wildman–Crippen MR) is 66.4 cm³/mol. The molecule has 2 aromatic rings. The molecule has 0 aliphatic rings. The van der Waals surface area contributed by atoms with E-state index in [1.807, 2.05) is 25.1 Å². The van der Waals surface area contributed by atoms with Crippen LogP contribution in [-0.4, -0.2) is 10.2 Å². The van der Waals surface area contributed by atoms with E-state index in [0.717, 1.165) is 10.0 Å². The van der Waals surface area contributed by atoms with E-state index in [2.05, 4.69) is 26.1 Å². The summed E-state index contributed by atoms with van der Waals surface area (Å²) < 4.78 is 6.40. The highest BCUT2D eigenvalue weighted by molar-refractivity contribution is 9.10. The molecule has 0 saturated carbocycles. The van der Waals surface area contributed by atoms with Crippen LogP contribution >= 0.6 is 27.5 Å². The standard InChI is InChI=1S/C11H10BrClN2O/c1-6-3-4-8(9(12)5-6)11-15-14-10(16-11)7(2)13/h3-5,7H,1-2H3. The highest BCUT2D eigenvalue weighted by Gasteiger charge is 2.14. The fraction of sp³-hybridized carbons (Fsp3) is 0.273. The molecule has 0 spiro atoms. The summed E-state index contributed by atoms with van der Waals surface area (Å²) in [5.41, 5.74) is 2.04. The molecule has 0 amide bonds. The van der Waals surface area contributed by atoms with Crippen molar-refractivity contribution in [1.29, 1.82) is 0 Å². The summed E-state index contributed by atoms with van der Waals surface area (Å²) in [5, 5.41) is 7.58. The van der Waals surface area contributed by atoms with Gasteiger partial charge in [-0.1, -0.05) is 6.07 Å². The zero-order valence-corrected chi connectivity index (χ0v) is 11.2. The van der Waals surface area contributed by atoms with Gasteiger partial charge in [-0.15, -0.1) is 21.8 Å². The molecule has 3 nitrogen and oxygen atoms in total. The normalized spacial score (nSPS) is 12.8. The fourth-order valence-corrected chi connectivity index (χ4v) is 2.05. The van der Waals surface area contributed by atoms with Crippen molar-refractivity contribution in [1.82, 2.24) is 10.2 Å². The monoisotopic (exact) mass is 300 g/mol. The number of benzene rings is 1. The molecular weight excluding hydrogens is 291 g/mol. The minimum atomic E-state index is -0.273. The van der Waals surface area contributed by atoms with Crippen LogP contribution in [0.25, 0.3) is 11.5 Å². The SMILES string of the molecule is Cc1ccc(-c2nnc(C(C)Cl)o2)c(Br)c1. The molecule has 16 heavy (non-hydrogen) atoms. The number of aryl methyl sites for hydroxylation is 1. The van der Waals surface area contributed by atoms with E-state index in [1.165, 1.54) is 5.56 Å². The number of alkyl halides is 1. The zero-order chi connectivity index (χ0) is 11.7. The van der Waals surface area contributed by atoms with E-state index in [1.54, 1.807) is 6.92 Å². The largest absolute Gasteiger partial charge is 0.419 e. The maximum atomic E-state index is 5.86. The molecule has 0 bridgehead atoms. The van der Waals surface area contributed by atoms with Crippen LogP contribution in [0.15, 0.2) is 27.1 Å². The molecule has 1 heterocycles. The van der Waals surface area contributed by atoms with Crippen molar-refractivity contribution in [2.75, 3.05) is 0 Å². The smallest absolute Gasteiger partial charge is 0.248 e. The van der Waals surface area contributed by atoms with E-state index in [0.29, 0.717) is 11.8 Å². The fourth-order valence-electron chi connectivity index (χ4n) is 1.30. The Morgan fingerprint density at radius 2 is 2.12 bits per heavy atom. The van der Waals surface area contributed by atoms with Crippen LogP contribution in [0.1, 0.15) is 23.8 Å². The third-order valence-electron chi connectivity index (χ3n) is 2.14. The molecule has 0 aliphatic carbocycles. The number of hydrogen-bond donors (Lipinski definition) is 0. The first kappa shape index (κ1) is 11.6. The Morgan fingerprint density at radius 1 is 1.38 bits per heavy atom. The van der Waals surface area contributed by atoms with Crippen LogP contribution < -0.4 is 0 Å². The Labute approximate surface area is 107 Å². The van der Waals surface area contributed by atoms with Crippen molar-refractivity contribution in [3.8, 4) is 11.5 Å². The third-order valence-corrected chi connectivity index (χ3v) is 2.98. The molecule has 1 aromatic heterocycles. The maximum absolute atomic E-state index is 5.86. The van der Waals surface area contributed by atoms with Crippen molar-refractivity contribution >= 4 is 27.5 Å². The number of hydrogen-bond acceptors (Lipinski definition) is 3. The first-order chi connectivity index (χ1) is 7.58. The Bertz CT molecular complexity index is 510. The van der Waals surface area contributed by atoms with Gasteiger partial charge >= 0.3 is 0 Å². The molecule has 1 aromatic carbocycles. The lowest BCUT2D eigenvalue weighted by atomic mass is 10.1. The molecular formula is C11H10BrClN2O. The van der Waals surface area contributed by atoms with Gasteiger partial charge < -0.3 is 4.42 Å². The molecule has 2 rings (SSSR count). The molecule has 1 atom stereocenters. The van der Waals surface area contributed by atoms with Crippen molar-refractivity contribution in [2.45, 2.75) is 19.2 Å². The highest BCUT2D eigenvalue weighted by atomic mass is 79.9. The van der Waals surface area contributed by atoms with Crippen molar-refractivity contribution in [2.24, 2.45) is 0 Å². The van der Waals surface area contributed by atoms with E-state index < -0.39 is 0 Å². The molecule has 5 heteroatoms. The summed E-state index contributed by atoms with van der Waals surface area (Å²) in [6, 6.07) is 5.94. The van der Waals surface area contributed by atoms with Gasteiger partial charge in [0.25, 0.3) is 0 Å². The first-order valence-electron chi connectivity index (χ1n) is 4.82. The van der Waals surface area contributed by atoms with E-state index >= 15 is 0 Å². The summed E-state index contributed by atoms with van der Waals surface area (Å²) in [5.74, 6) is 0.915. The van der Waals surface area contributed by atoms with Crippen molar-refractivity contribution in [3.05, 3.63) is 34.1 Å². The summed E-state index contributed by atoms with van der Waals surface area (Å²) in [6.45, 7) is 3.82. The van der Waals surface area contributed by atoms with Gasteiger partial charge in [-0.3, -0.25) is 0 Å². The Balaban J connectivity index is 2.42. The van der Waals surface area contributed by atoms with Crippen LogP contribution in [0.5, 0.6) is 0 Å². The molecule has 0 saturated heterocycles. The average Bonchev–Trinajstić information content (AvgIpc) is 2.66. The van der Waals surface area contributed by atoms with Crippen LogP contribution in [0.2, 0.25) is 0 Å². The van der Waals surface area contributed by atoms with Gasteiger partial charge in [0.05, 0.1) is 5.56 Å². The minimum Gasteiger partial charge on any atom is -0.419 e. The summed E-state index contributed by atoms with van der Waals surface area (Å²) in [6.07, 6.45) is 0. The number of rotatable bonds is 2. The number of nitrogens with zero attached hydrogens (tertiary/aromatic N) is 2.